The van der Waals surface area contributed by atoms with Gasteiger partial charge in [-0.3, -0.25) is 4.79 Å². The zero-order valence-electron chi connectivity index (χ0n) is 9.68. The van der Waals surface area contributed by atoms with Crippen molar-refractivity contribution in [3.8, 4) is 0 Å². The first-order chi connectivity index (χ1) is 6.65. The van der Waals surface area contributed by atoms with Crippen LogP contribution in [0.25, 0.3) is 0 Å². The molecule has 0 spiro atoms. The highest BCUT2D eigenvalue weighted by molar-refractivity contribution is 5.79. The summed E-state index contributed by atoms with van der Waals surface area (Å²) < 4.78 is 0. The smallest absolute Gasteiger partial charge is 0.223 e. The Balaban J connectivity index is 2.44. The van der Waals surface area contributed by atoms with Gasteiger partial charge in [-0.2, -0.15) is 0 Å². The molecule has 1 aliphatic carbocycles. The minimum Gasteiger partial charge on any atom is -0.354 e. The average Bonchev–Trinajstić information content (AvgIpc) is 2.51. The molecule has 1 saturated carbocycles. The molecule has 1 amide bonds. The van der Waals surface area contributed by atoms with Gasteiger partial charge in [0.25, 0.3) is 0 Å². The summed E-state index contributed by atoms with van der Waals surface area (Å²) in [5.74, 6) is 1.24. The maximum atomic E-state index is 11.8. The van der Waals surface area contributed by atoms with Crippen LogP contribution in [-0.2, 0) is 4.79 Å². The standard InChI is InChI=1S/C12H23NO/c1-4-6-10-7-5-8-11(10)12(14)13-9(2)3/h9-11H,4-8H2,1-3H3,(H,13,14). The molecule has 0 aliphatic heterocycles. The summed E-state index contributed by atoms with van der Waals surface area (Å²) in [5.41, 5.74) is 0. The molecule has 82 valence electrons. The number of carbonyl (C=O) groups excluding carboxylic acids is 1. The Morgan fingerprint density at radius 3 is 2.71 bits per heavy atom. The van der Waals surface area contributed by atoms with E-state index in [2.05, 4.69) is 12.2 Å². The van der Waals surface area contributed by atoms with E-state index in [4.69, 9.17) is 0 Å². The lowest BCUT2D eigenvalue weighted by Crippen LogP contribution is -2.37. The summed E-state index contributed by atoms with van der Waals surface area (Å²) in [6.07, 6.45) is 6.01. The van der Waals surface area contributed by atoms with E-state index in [0.29, 0.717) is 11.8 Å². The normalized spacial score (nSPS) is 26.9. The van der Waals surface area contributed by atoms with Gasteiger partial charge in [-0.25, -0.2) is 0 Å². The van der Waals surface area contributed by atoms with Gasteiger partial charge in [-0.15, -0.1) is 0 Å². The predicted octanol–water partition coefficient (Wildman–Crippen LogP) is 2.73. The van der Waals surface area contributed by atoms with Crippen LogP contribution in [-0.4, -0.2) is 11.9 Å². The second-order valence-corrected chi connectivity index (χ2v) is 4.75. The Hall–Kier alpha value is -0.530. The number of carbonyl (C=O) groups is 1. The van der Waals surface area contributed by atoms with E-state index in [-0.39, 0.29) is 11.9 Å². The molecule has 2 atom stereocenters. The van der Waals surface area contributed by atoms with E-state index in [0.717, 1.165) is 6.42 Å². The molecule has 0 aromatic heterocycles. The van der Waals surface area contributed by atoms with Gasteiger partial charge in [0.2, 0.25) is 5.91 Å². The predicted molar refractivity (Wildman–Crippen MR) is 59.0 cm³/mol. The Bertz CT molecular complexity index is 189. The monoisotopic (exact) mass is 197 g/mol. The second-order valence-electron chi connectivity index (χ2n) is 4.75. The van der Waals surface area contributed by atoms with Gasteiger partial charge < -0.3 is 5.32 Å². The van der Waals surface area contributed by atoms with Crippen LogP contribution in [0, 0.1) is 11.8 Å². The highest BCUT2D eigenvalue weighted by Crippen LogP contribution is 2.34. The molecule has 0 radical (unpaired) electrons. The van der Waals surface area contributed by atoms with Crippen molar-refractivity contribution in [2.45, 2.75) is 58.9 Å². The van der Waals surface area contributed by atoms with Crippen molar-refractivity contribution >= 4 is 5.91 Å². The number of hydrogen-bond acceptors (Lipinski definition) is 1. The van der Waals surface area contributed by atoms with Crippen LogP contribution in [0.15, 0.2) is 0 Å². The van der Waals surface area contributed by atoms with Gasteiger partial charge >= 0.3 is 0 Å². The molecule has 1 aliphatic rings. The third kappa shape index (κ3) is 3.00. The molecule has 1 rings (SSSR count). The maximum Gasteiger partial charge on any atom is 0.223 e. The van der Waals surface area contributed by atoms with Crippen molar-refractivity contribution in [2.24, 2.45) is 11.8 Å². The van der Waals surface area contributed by atoms with E-state index in [1.54, 1.807) is 0 Å². The Morgan fingerprint density at radius 1 is 1.43 bits per heavy atom. The lowest BCUT2D eigenvalue weighted by molar-refractivity contribution is -0.126. The summed E-state index contributed by atoms with van der Waals surface area (Å²) >= 11 is 0. The number of nitrogens with one attached hydrogen (secondary N) is 1. The molecule has 0 heterocycles. The van der Waals surface area contributed by atoms with E-state index < -0.39 is 0 Å². The first-order valence-corrected chi connectivity index (χ1v) is 5.95. The van der Waals surface area contributed by atoms with Gasteiger partial charge in [0.15, 0.2) is 0 Å². The first kappa shape index (κ1) is 11.5. The fraction of sp³-hybridized carbons (Fsp3) is 0.917. The molecule has 2 nitrogen and oxygen atoms in total. The number of hydrogen-bond donors (Lipinski definition) is 1. The van der Waals surface area contributed by atoms with E-state index in [1.165, 1.54) is 25.7 Å². The van der Waals surface area contributed by atoms with Crippen LogP contribution in [0.3, 0.4) is 0 Å². The zero-order chi connectivity index (χ0) is 10.6. The Morgan fingerprint density at radius 2 is 2.14 bits per heavy atom. The fourth-order valence-electron chi connectivity index (χ4n) is 2.49. The molecular weight excluding hydrogens is 174 g/mol. The van der Waals surface area contributed by atoms with Gasteiger partial charge in [-0.05, 0) is 39.0 Å². The minimum atomic E-state index is 0.283. The van der Waals surface area contributed by atoms with Crippen LogP contribution in [0.5, 0.6) is 0 Å². The van der Waals surface area contributed by atoms with Gasteiger partial charge in [0.05, 0.1) is 0 Å². The third-order valence-corrected chi connectivity index (χ3v) is 3.09. The maximum absolute atomic E-state index is 11.8. The topological polar surface area (TPSA) is 29.1 Å². The summed E-state index contributed by atoms with van der Waals surface area (Å²) in [6.45, 7) is 6.26. The van der Waals surface area contributed by atoms with Crippen LogP contribution in [0.4, 0.5) is 0 Å². The lowest BCUT2D eigenvalue weighted by atomic mass is 9.91. The van der Waals surface area contributed by atoms with Crippen molar-refractivity contribution in [3.05, 3.63) is 0 Å². The summed E-state index contributed by atoms with van der Waals surface area (Å²) in [7, 11) is 0. The fourth-order valence-corrected chi connectivity index (χ4v) is 2.49. The van der Waals surface area contributed by atoms with Crippen molar-refractivity contribution in [1.82, 2.24) is 5.32 Å². The minimum absolute atomic E-state index is 0.283. The van der Waals surface area contributed by atoms with E-state index >= 15 is 0 Å². The van der Waals surface area contributed by atoms with Crippen molar-refractivity contribution in [2.75, 3.05) is 0 Å². The molecular formula is C12H23NO. The third-order valence-electron chi connectivity index (χ3n) is 3.09. The van der Waals surface area contributed by atoms with Crippen LogP contribution >= 0.6 is 0 Å². The summed E-state index contributed by atoms with van der Waals surface area (Å²) in [6, 6.07) is 0.283. The van der Waals surface area contributed by atoms with Crippen LogP contribution < -0.4 is 5.32 Å². The van der Waals surface area contributed by atoms with E-state index in [9.17, 15) is 4.79 Å². The highest BCUT2D eigenvalue weighted by Gasteiger charge is 2.32. The molecule has 14 heavy (non-hydrogen) atoms. The van der Waals surface area contributed by atoms with Gasteiger partial charge in [0.1, 0.15) is 0 Å². The molecule has 2 heteroatoms. The van der Waals surface area contributed by atoms with Crippen molar-refractivity contribution in [3.63, 3.8) is 0 Å². The zero-order valence-corrected chi connectivity index (χ0v) is 9.68. The summed E-state index contributed by atoms with van der Waals surface area (Å²) in [4.78, 5) is 11.8. The molecule has 1 fully saturated rings. The Kier molecular flexibility index (Phi) is 4.43. The largest absolute Gasteiger partial charge is 0.354 e. The van der Waals surface area contributed by atoms with Crippen molar-refractivity contribution < 1.29 is 4.79 Å². The SMILES string of the molecule is CCCC1CCCC1C(=O)NC(C)C. The Labute approximate surface area is 87.5 Å². The van der Waals surface area contributed by atoms with Crippen molar-refractivity contribution in [1.29, 1.82) is 0 Å². The number of amides is 1. The van der Waals surface area contributed by atoms with Crippen LogP contribution in [0.1, 0.15) is 52.9 Å². The molecule has 0 bridgehead atoms. The number of rotatable bonds is 4. The molecule has 1 N–H and O–H groups in total. The van der Waals surface area contributed by atoms with Gasteiger partial charge in [-0.1, -0.05) is 19.8 Å². The molecule has 0 aromatic carbocycles. The molecule has 0 saturated heterocycles. The quantitative estimate of drug-likeness (QED) is 0.737. The second kappa shape index (κ2) is 5.38. The average molecular weight is 197 g/mol. The lowest BCUT2D eigenvalue weighted by Gasteiger charge is -2.19. The van der Waals surface area contributed by atoms with Gasteiger partial charge in [0, 0.05) is 12.0 Å². The summed E-state index contributed by atoms with van der Waals surface area (Å²) in [5, 5.41) is 3.03. The molecule has 2 unspecified atom stereocenters. The van der Waals surface area contributed by atoms with E-state index in [1.807, 2.05) is 13.8 Å². The molecule has 0 aromatic rings. The first-order valence-electron chi connectivity index (χ1n) is 5.95. The highest BCUT2D eigenvalue weighted by atomic mass is 16.1. The van der Waals surface area contributed by atoms with Crippen LogP contribution in [0.2, 0.25) is 0 Å².